The summed E-state index contributed by atoms with van der Waals surface area (Å²) in [5, 5.41) is 7.35. The molecule has 7 nitrogen and oxygen atoms in total. The molecule has 0 radical (unpaired) electrons. The molecule has 0 aliphatic rings. The summed E-state index contributed by atoms with van der Waals surface area (Å²) in [7, 11) is -4.39. The van der Waals surface area contributed by atoms with Crippen LogP contribution in [0.5, 0.6) is 0 Å². The number of halogens is 4. The normalized spacial score (nSPS) is 12.1. The second-order valence-electron chi connectivity index (χ2n) is 7.36. The third kappa shape index (κ3) is 5.24. The van der Waals surface area contributed by atoms with Crippen LogP contribution in [0.3, 0.4) is 0 Å². The second kappa shape index (κ2) is 9.80. The molecule has 35 heavy (non-hydrogen) atoms. The van der Waals surface area contributed by atoms with Gasteiger partial charge in [0.2, 0.25) is 10.0 Å². The molecule has 0 fully saturated rings. The van der Waals surface area contributed by atoms with E-state index in [0.717, 1.165) is 29.3 Å². The largest absolute Gasteiger partial charge is 0.417 e. The van der Waals surface area contributed by atoms with Gasteiger partial charge in [0, 0.05) is 24.7 Å². The molecule has 0 bridgehead atoms. The van der Waals surface area contributed by atoms with Crippen LogP contribution >= 0.6 is 15.9 Å². The molecule has 0 saturated heterocycles. The van der Waals surface area contributed by atoms with E-state index in [2.05, 4.69) is 42.6 Å². The number of alkyl halides is 3. The van der Waals surface area contributed by atoms with Crippen molar-refractivity contribution >= 4 is 43.5 Å². The summed E-state index contributed by atoms with van der Waals surface area (Å²) in [4.78, 5) is 3.84. The molecule has 0 unspecified atom stereocenters. The van der Waals surface area contributed by atoms with E-state index in [0.29, 0.717) is 21.6 Å². The third-order valence-electron chi connectivity index (χ3n) is 5.09. The molecule has 0 spiro atoms. The number of hydrogen-bond acceptors (Lipinski definition) is 5. The van der Waals surface area contributed by atoms with Crippen molar-refractivity contribution in [2.75, 3.05) is 18.4 Å². The van der Waals surface area contributed by atoms with Gasteiger partial charge in [-0.1, -0.05) is 49.1 Å². The van der Waals surface area contributed by atoms with E-state index >= 15 is 0 Å². The molecule has 4 rings (SSSR count). The first-order valence-corrected chi connectivity index (χ1v) is 12.6. The van der Waals surface area contributed by atoms with E-state index in [1.54, 1.807) is 18.3 Å². The summed E-state index contributed by atoms with van der Waals surface area (Å²) < 4.78 is 69.2. The molecular weight excluding hydrogens is 547 g/mol. The van der Waals surface area contributed by atoms with Crippen LogP contribution in [0.4, 0.5) is 19.0 Å². The Hall–Kier alpha value is -3.22. The highest BCUT2D eigenvalue weighted by Crippen LogP contribution is 2.34. The maximum atomic E-state index is 13.2. The van der Waals surface area contributed by atoms with Crippen molar-refractivity contribution in [3.05, 3.63) is 83.0 Å². The van der Waals surface area contributed by atoms with E-state index < -0.39 is 26.7 Å². The van der Waals surface area contributed by atoms with Gasteiger partial charge in [-0.15, -0.1) is 0 Å². The van der Waals surface area contributed by atoms with Gasteiger partial charge in [0.05, 0.1) is 26.8 Å². The summed E-state index contributed by atoms with van der Waals surface area (Å²) in [6.45, 7) is 3.74. The van der Waals surface area contributed by atoms with Crippen molar-refractivity contribution in [3.8, 4) is 11.3 Å². The zero-order valence-electron chi connectivity index (χ0n) is 18.1. The van der Waals surface area contributed by atoms with Gasteiger partial charge in [-0.3, -0.25) is 0 Å². The SMILES string of the molecule is C=Cc1ccccc1-c1cc(NCCNS(=O)(=O)c2ccccc2C(F)(F)F)n2ncc(Br)c2n1. The van der Waals surface area contributed by atoms with E-state index in [1.165, 1.54) is 10.6 Å². The van der Waals surface area contributed by atoms with Crippen molar-refractivity contribution in [1.82, 2.24) is 19.3 Å². The van der Waals surface area contributed by atoms with Gasteiger partial charge in [-0.2, -0.15) is 22.8 Å². The molecule has 4 aromatic rings. The molecule has 2 aromatic carbocycles. The average Bonchev–Trinajstić information content (AvgIpc) is 3.22. The zero-order valence-corrected chi connectivity index (χ0v) is 20.5. The Morgan fingerprint density at radius 1 is 1.09 bits per heavy atom. The number of sulfonamides is 1. The summed E-state index contributed by atoms with van der Waals surface area (Å²) in [6.07, 6.45) is -1.50. The molecule has 0 atom stereocenters. The predicted octanol–water partition coefficient (Wildman–Crippen LogP) is 5.21. The standard InChI is InChI=1S/C23H19BrF3N5O2S/c1-2-15-7-3-4-8-16(15)19-13-21(32-22(31-19)18(24)14-29-32)28-11-12-30-35(33,34)20-10-6-5-9-17(20)23(25,26)27/h2-10,13-14,28,30H,1,11-12H2. The van der Waals surface area contributed by atoms with Gasteiger partial charge in [0.1, 0.15) is 5.82 Å². The average molecular weight is 566 g/mol. The zero-order chi connectivity index (χ0) is 25.2. The van der Waals surface area contributed by atoms with Crippen LogP contribution in [-0.4, -0.2) is 36.1 Å². The predicted molar refractivity (Wildman–Crippen MR) is 131 cm³/mol. The lowest BCUT2D eigenvalue weighted by atomic mass is 10.0. The fourth-order valence-corrected chi connectivity index (χ4v) is 5.10. The molecule has 0 aliphatic heterocycles. The fraction of sp³-hybridized carbons (Fsp3) is 0.130. The monoisotopic (exact) mass is 565 g/mol. The molecule has 2 heterocycles. The number of rotatable bonds is 8. The number of hydrogen-bond donors (Lipinski definition) is 2. The minimum atomic E-state index is -4.79. The van der Waals surface area contributed by atoms with Crippen molar-refractivity contribution in [2.45, 2.75) is 11.1 Å². The van der Waals surface area contributed by atoms with Crippen LogP contribution in [0.15, 0.2) is 76.7 Å². The molecule has 182 valence electrons. The number of fused-ring (bicyclic) bond motifs is 1. The van der Waals surface area contributed by atoms with E-state index in [4.69, 9.17) is 0 Å². The molecule has 0 aliphatic carbocycles. The van der Waals surface area contributed by atoms with Crippen molar-refractivity contribution in [3.63, 3.8) is 0 Å². The highest BCUT2D eigenvalue weighted by atomic mass is 79.9. The number of nitrogens with one attached hydrogen (secondary N) is 2. The molecule has 2 aromatic heterocycles. The van der Waals surface area contributed by atoms with Crippen LogP contribution in [-0.2, 0) is 16.2 Å². The minimum absolute atomic E-state index is 0.0759. The first-order valence-electron chi connectivity index (χ1n) is 10.3. The third-order valence-corrected chi connectivity index (χ3v) is 7.17. The summed E-state index contributed by atoms with van der Waals surface area (Å²) >= 11 is 3.42. The topological polar surface area (TPSA) is 88.4 Å². The minimum Gasteiger partial charge on any atom is -0.369 e. The van der Waals surface area contributed by atoms with E-state index in [9.17, 15) is 21.6 Å². The lowest BCUT2D eigenvalue weighted by Crippen LogP contribution is -2.30. The van der Waals surface area contributed by atoms with Crippen LogP contribution < -0.4 is 10.0 Å². The Labute approximate surface area is 207 Å². The number of benzene rings is 2. The second-order valence-corrected chi connectivity index (χ2v) is 9.95. The fourth-order valence-electron chi connectivity index (χ4n) is 3.50. The van der Waals surface area contributed by atoms with E-state index in [-0.39, 0.29) is 13.1 Å². The first kappa shape index (κ1) is 24.9. The lowest BCUT2D eigenvalue weighted by Gasteiger charge is -2.15. The van der Waals surface area contributed by atoms with Gasteiger partial charge in [-0.25, -0.2) is 18.1 Å². The van der Waals surface area contributed by atoms with Crippen molar-refractivity contribution in [2.24, 2.45) is 0 Å². The Bertz CT molecular complexity index is 1500. The smallest absolute Gasteiger partial charge is 0.369 e. The lowest BCUT2D eigenvalue weighted by molar-refractivity contribution is -0.139. The van der Waals surface area contributed by atoms with Gasteiger partial charge >= 0.3 is 6.18 Å². The quantitative estimate of drug-likeness (QED) is 0.286. The molecule has 0 saturated carbocycles. The van der Waals surface area contributed by atoms with Crippen LogP contribution in [0, 0.1) is 0 Å². The van der Waals surface area contributed by atoms with Crippen LogP contribution in [0.25, 0.3) is 23.0 Å². The van der Waals surface area contributed by atoms with Crippen LogP contribution in [0.2, 0.25) is 0 Å². The molecular formula is C23H19BrF3N5O2S. The first-order chi connectivity index (χ1) is 16.6. The van der Waals surface area contributed by atoms with Crippen molar-refractivity contribution < 1.29 is 21.6 Å². The van der Waals surface area contributed by atoms with E-state index in [1.807, 2.05) is 24.3 Å². The molecule has 2 N–H and O–H groups in total. The van der Waals surface area contributed by atoms with Gasteiger partial charge < -0.3 is 5.32 Å². The number of anilines is 1. The Morgan fingerprint density at radius 2 is 1.80 bits per heavy atom. The summed E-state index contributed by atoms with van der Waals surface area (Å²) in [5.74, 6) is 0.518. The van der Waals surface area contributed by atoms with Crippen LogP contribution in [0.1, 0.15) is 11.1 Å². The molecule has 12 heteroatoms. The maximum absolute atomic E-state index is 13.2. The van der Waals surface area contributed by atoms with Gasteiger partial charge in [-0.05, 0) is 33.6 Å². The Morgan fingerprint density at radius 3 is 2.54 bits per heavy atom. The number of aromatic nitrogens is 3. The summed E-state index contributed by atoms with van der Waals surface area (Å²) in [6, 6.07) is 13.4. The van der Waals surface area contributed by atoms with Crippen molar-refractivity contribution in [1.29, 1.82) is 0 Å². The van der Waals surface area contributed by atoms with Gasteiger partial charge in [0.15, 0.2) is 5.65 Å². The number of nitrogens with zero attached hydrogens (tertiary/aromatic N) is 3. The highest BCUT2D eigenvalue weighted by Gasteiger charge is 2.36. The Kier molecular flexibility index (Phi) is 6.97. The molecule has 0 amide bonds. The Balaban J connectivity index is 1.56. The summed E-state index contributed by atoms with van der Waals surface area (Å²) in [5.41, 5.74) is 1.66. The highest BCUT2D eigenvalue weighted by molar-refractivity contribution is 9.10. The van der Waals surface area contributed by atoms with Gasteiger partial charge in [0.25, 0.3) is 0 Å². The maximum Gasteiger partial charge on any atom is 0.417 e.